The van der Waals surface area contributed by atoms with E-state index in [4.69, 9.17) is 9.47 Å². The number of aryl methyl sites for hydroxylation is 2. The summed E-state index contributed by atoms with van der Waals surface area (Å²) in [5.74, 6) is -0.219. The third-order valence-electron chi connectivity index (χ3n) is 7.98. The van der Waals surface area contributed by atoms with Gasteiger partial charge in [-0.1, -0.05) is 63.2 Å². The second-order valence-electron chi connectivity index (χ2n) is 13.0. The summed E-state index contributed by atoms with van der Waals surface area (Å²) in [5.41, 5.74) is 3.88. The van der Waals surface area contributed by atoms with Crippen LogP contribution in [0.1, 0.15) is 54.2 Å². The summed E-state index contributed by atoms with van der Waals surface area (Å²) in [5, 5.41) is 2.54. The molecule has 1 aliphatic heterocycles. The molecule has 0 saturated carbocycles. The molecule has 0 radical (unpaired) electrons. The van der Waals surface area contributed by atoms with Crippen molar-refractivity contribution >= 4 is 27.8 Å². The maximum absolute atomic E-state index is 14.5. The molecule has 0 saturated heterocycles. The fourth-order valence-electron chi connectivity index (χ4n) is 5.72. The molecule has 1 aromatic heterocycles. The molecule has 4 aromatic rings. The fourth-order valence-corrected chi connectivity index (χ4v) is 6.71. The zero-order valence-electron chi connectivity index (χ0n) is 28.0. The average molecular weight is 672 g/mol. The third-order valence-corrected chi connectivity index (χ3v) is 9.31. The van der Waals surface area contributed by atoms with Crippen molar-refractivity contribution in [3.05, 3.63) is 95.1 Å². The number of nitrogens with zero attached hydrogens (tertiary/aromatic N) is 3. The van der Waals surface area contributed by atoms with Gasteiger partial charge in [0.2, 0.25) is 11.8 Å². The lowest BCUT2D eigenvalue weighted by Crippen LogP contribution is -2.45. The molecule has 252 valence electrons. The first-order valence-corrected chi connectivity index (χ1v) is 17.2. The van der Waals surface area contributed by atoms with E-state index in [0.29, 0.717) is 23.4 Å². The van der Waals surface area contributed by atoms with Crippen molar-refractivity contribution in [2.24, 2.45) is 5.41 Å². The van der Waals surface area contributed by atoms with E-state index in [1.54, 1.807) is 29.2 Å². The predicted molar refractivity (Wildman–Crippen MR) is 183 cm³/mol. The molecule has 2 amide bonds. The van der Waals surface area contributed by atoms with Crippen LogP contribution in [0.25, 0.3) is 11.3 Å². The molecule has 0 fully saturated rings. The van der Waals surface area contributed by atoms with Crippen LogP contribution in [0, 0.1) is 19.3 Å². The maximum Gasteiger partial charge on any atom is 0.264 e. The van der Waals surface area contributed by atoms with Crippen LogP contribution >= 0.6 is 0 Å². The molecule has 11 nitrogen and oxygen atoms in total. The van der Waals surface area contributed by atoms with E-state index in [0.717, 1.165) is 16.7 Å². The van der Waals surface area contributed by atoms with Crippen LogP contribution in [0.15, 0.2) is 77.7 Å². The lowest BCUT2D eigenvalue weighted by Gasteiger charge is -2.36. The number of carbonyl (C=O) groups is 2. The summed E-state index contributed by atoms with van der Waals surface area (Å²) in [6.45, 7) is 10.1. The number of sulfonamides is 1. The minimum absolute atomic E-state index is 0.0549. The Morgan fingerprint density at radius 1 is 1.02 bits per heavy atom. The van der Waals surface area contributed by atoms with Gasteiger partial charge >= 0.3 is 0 Å². The van der Waals surface area contributed by atoms with Gasteiger partial charge in [0.15, 0.2) is 6.61 Å². The molecule has 1 aliphatic rings. The topological polar surface area (TPSA) is 140 Å². The lowest BCUT2D eigenvalue weighted by atomic mass is 9.87. The molecular formula is C36H41N5O6S. The smallest absolute Gasteiger partial charge is 0.264 e. The van der Waals surface area contributed by atoms with Gasteiger partial charge in [0.25, 0.3) is 21.8 Å². The number of benzene rings is 3. The van der Waals surface area contributed by atoms with Gasteiger partial charge in [0, 0.05) is 29.8 Å². The number of aromatic nitrogens is 2. The van der Waals surface area contributed by atoms with Gasteiger partial charge in [-0.05, 0) is 61.1 Å². The van der Waals surface area contributed by atoms with E-state index >= 15 is 0 Å². The molecule has 12 heteroatoms. The highest BCUT2D eigenvalue weighted by molar-refractivity contribution is 7.92. The van der Waals surface area contributed by atoms with Crippen molar-refractivity contribution < 1.29 is 27.5 Å². The standard InChI is InChI=1S/C36H41N5O6S/c1-23-11-9-12-24(2)33(23)29-18-32-39-35(38-29)40-48(44,45)28-15-10-14-25(17-28)34(43)41(27(21-47-32)19-36(3,4)5)20-26-13-7-8-16-30(26)46-22-31(42)37-6/h7-18,27H,19-22H2,1-6H3,(H,37,42)(H,38,39,40)/t27-/m1/s1. The Balaban J connectivity index is 1.65. The Labute approximate surface area is 281 Å². The summed E-state index contributed by atoms with van der Waals surface area (Å²) < 4.78 is 42.1. The number of amides is 2. The van der Waals surface area contributed by atoms with Gasteiger partial charge in [0.1, 0.15) is 12.4 Å². The molecular weight excluding hydrogens is 630 g/mol. The number of likely N-dealkylation sites (N-methyl/N-ethyl adjacent to an activating group) is 1. The number of para-hydroxylation sites is 1. The number of nitrogens with one attached hydrogen (secondary N) is 2. The summed E-state index contributed by atoms with van der Waals surface area (Å²) in [6, 6.07) is 20.2. The van der Waals surface area contributed by atoms with Crippen molar-refractivity contribution in [3.63, 3.8) is 0 Å². The molecule has 4 bridgehead atoms. The fraction of sp³-hybridized carbons (Fsp3) is 0.333. The van der Waals surface area contributed by atoms with Crippen molar-refractivity contribution in [1.82, 2.24) is 20.2 Å². The first-order valence-electron chi connectivity index (χ1n) is 15.7. The van der Waals surface area contributed by atoms with E-state index in [1.807, 2.05) is 44.2 Å². The number of hydrogen-bond donors (Lipinski definition) is 2. The summed E-state index contributed by atoms with van der Waals surface area (Å²) >= 11 is 0. The zero-order valence-corrected chi connectivity index (χ0v) is 28.8. The SMILES string of the molecule is CNC(=O)COc1ccccc1CN1C(=O)c2cccc(c2)S(=O)(=O)Nc2nc(cc(-c3c(C)cccc3C)n2)OC[C@H]1CC(C)(C)C. The molecule has 0 unspecified atom stereocenters. The van der Waals surface area contributed by atoms with Crippen molar-refractivity contribution in [3.8, 4) is 22.9 Å². The summed E-state index contributed by atoms with van der Waals surface area (Å²) in [6.07, 6.45) is 0.540. The van der Waals surface area contributed by atoms with Gasteiger partial charge < -0.3 is 19.7 Å². The highest BCUT2D eigenvalue weighted by Crippen LogP contribution is 2.32. The first kappa shape index (κ1) is 34.4. The van der Waals surface area contributed by atoms with E-state index in [9.17, 15) is 18.0 Å². The van der Waals surface area contributed by atoms with Crippen molar-refractivity contribution in [1.29, 1.82) is 0 Å². The molecule has 2 heterocycles. The van der Waals surface area contributed by atoms with Gasteiger partial charge in [0.05, 0.1) is 23.2 Å². The van der Waals surface area contributed by atoms with Crippen LogP contribution in [0.5, 0.6) is 11.6 Å². The van der Waals surface area contributed by atoms with Crippen LogP contribution in [-0.4, -0.2) is 61.4 Å². The normalized spacial score (nSPS) is 16.0. The lowest BCUT2D eigenvalue weighted by molar-refractivity contribution is -0.122. The van der Waals surface area contributed by atoms with Crippen LogP contribution in [0.2, 0.25) is 0 Å². The van der Waals surface area contributed by atoms with Gasteiger partial charge in [-0.3, -0.25) is 9.59 Å². The van der Waals surface area contributed by atoms with Crippen molar-refractivity contribution in [2.75, 3.05) is 25.0 Å². The second-order valence-corrected chi connectivity index (χ2v) is 14.7. The molecule has 3 aromatic carbocycles. The van der Waals surface area contributed by atoms with Crippen LogP contribution in [0.4, 0.5) is 5.95 Å². The average Bonchev–Trinajstić information content (AvgIpc) is 3.03. The van der Waals surface area contributed by atoms with Gasteiger partial charge in [-0.25, -0.2) is 18.1 Å². The highest BCUT2D eigenvalue weighted by Gasteiger charge is 2.32. The quantitative estimate of drug-likeness (QED) is 0.262. The predicted octanol–water partition coefficient (Wildman–Crippen LogP) is 5.53. The van der Waals surface area contributed by atoms with E-state index < -0.39 is 16.1 Å². The van der Waals surface area contributed by atoms with Gasteiger partial charge in [-0.2, -0.15) is 4.98 Å². The number of ether oxygens (including phenoxy) is 2. The largest absolute Gasteiger partial charge is 0.483 e. The number of hydrogen-bond acceptors (Lipinski definition) is 8. The molecule has 5 rings (SSSR count). The highest BCUT2D eigenvalue weighted by atomic mass is 32.2. The Bertz CT molecular complexity index is 1920. The Hall–Kier alpha value is -4.97. The monoisotopic (exact) mass is 671 g/mol. The molecule has 0 aliphatic carbocycles. The second kappa shape index (κ2) is 14.0. The Kier molecular flexibility index (Phi) is 10.0. The van der Waals surface area contributed by atoms with E-state index in [1.165, 1.54) is 25.2 Å². The Morgan fingerprint density at radius 2 is 1.73 bits per heavy atom. The minimum atomic E-state index is -4.20. The third kappa shape index (κ3) is 8.11. The van der Waals surface area contributed by atoms with E-state index in [2.05, 4.69) is 40.8 Å². The molecule has 0 spiro atoms. The van der Waals surface area contributed by atoms with Crippen LogP contribution in [0.3, 0.4) is 0 Å². The first-order chi connectivity index (χ1) is 22.7. The van der Waals surface area contributed by atoms with Crippen LogP contribution < -0.4 is 19.5 Å². The Morgan fingerprint density at radius 3 is 2.44 bits per heavy atom. The number of fused-ring (bicyclic) bond motifs is 4. The zero-order chi connectivity index (χ0) is 34.6. The number of anilines is 1. The van der Waals surface area contributed by atoms with Crippen molar-refractivity contribution in [2.45, 2.75) is 58.5 Å². The number of rotatable bonds is 7. The number of carbonyl (C=O) groups excluding carboxylic acids is 2. The summed E-state index contributed by atoms with van der Waals surface area (Å²) in [7, 11) is -2.67. The van der Waals surface area contributed by atoms with E-state index in [-0.39, 0.29) is 59.3 Å². The summed E-state index contributed by atoms with van der Waals surface area (Å²) in [4.78, 5) is 37.1. The maximum atomic E-state index is 14.5. The minimum Gasteiger partial charge on any atom is -0.483 e. The molecule has 48 heavy (non-hydrogen) atoms. The molecule has 2 N–H and O–H groups in total. The molecule has 1 atom stereocenters. The van der Waals surface area contributed by atoms with Crippen LogP contribution in [-0.2, 0) is 21.4 Å². The van der Waals surface area contributed by atoms with Gasteiger partial charge in [-0.15, -0.1) is 0 Å².